The molecule has 0 aliphatic carbocycles. The summed E-state index contributed by atoms with van der Waals surface area (Å²) in [6.07, 6.45) is 2.94. The van der Waals surface area contributed by atoms with Crippen molar-refractivity contribution < 1.29 is 8.42 Å². The summed E-state index contributed by atoms with van der Waals surface area (Å²) < 4.78 is 26.6. The van der Waals surface area contributed by atoms with Crippen molar-refractivity contribution in [2.75, 3.05) is 0 Å². The summed E-state index contributed by atoms with van der Waals surface area (Å²) in [6, 6.07) is 4.92. The summed E-state index contributed by atoms with van der Waals surface area (Å²) >= 11 is 1.17. The second-order valence-corrected chi connectivity index (χ2v) is 6.61. The topological polar surface area (TPSA) is 98.0 Å². The number of aromatic nitrogens is 2. The molecule has 0 spiro atoms. The van der Waals surface area contributed by atoms with Crippen LogP contribution in [0.25, 0.3) is 0 Å². The van der Waals surface area contributed by atoms with Crippen LogP contribution in [0, 0.1) is 0 Å². The fraction of sp³-hybridized carbons (Fsp3) is 0.200. The van der Waals surface area contributed by atoms with Crippen molar-refractivity contribution in [2.45, 2.75) is 17.3 Å². The van der Waals surface area contributed by atoms with Gasteiger partial charge in [0, 0.05) is 17.6 Å². The van der Waals surface area contributed by atoms with Gasteiger partial charge in [0.15, 0.2) is 0 Å². The molecule has 0 aliphatic rings. The molecule has 0 bridgehead atoms. The number of sulfonamides is 1. The molecule has 0 saturated carbocycles. The third-order valence-corrected chi connectivity index (χ3v) is 5.19. The third-order valence-electron chi connectivity index (χ3n) is 2.19. The van der Waals surface area contributed by atoms with Crippen LogP contribution in [0.4, 0.5) is 0 Å². The minimum Gasteiger partial charge on any atom is -0.326 e. The van der Waals surface area contributed by atoms with Gasteiger partial charge in [-0.15, -0.1) is 11.3 Å². The van der Waals surface area contributed by atoms with Gasteiger partial charge in [0.2, 0.25) is 10.0 Å². The van der Waals surface area contributed by atoms with Crippen LogP contribution in [0.5, 0.6) is 0 Å². The Kier molecular flexibility index (Phi) is 4.02. The van der Waals surface area contributed by atoms with E-state index in [1.54, 1.807) is 24.4 Å². The molecule has 0 atom stereocenters. The summed E-state index contributed by atoms with van der Waals surface area (Å²) in [5.74, 6) is 0. The fourth-order valence-corrected chi connectivity index (χ4v) is 3.55. The van der Waals surface area contributed by atoms with Gasteiger partial charge in [0.1, 0.15) is 10.5 Å². The van der Waals surface area contributed by atoms with Crippen LogP contribution in [-0.2, 0) is 23.1 Å². The molecule has 0 amide bonds. The molecule has 0 fully saturated rings. The van der Waals surface area contributed by atoms with E-state index in [0.29, 0.717) is 12.2 Å². The van der Waals surface area contributed by atoms with Crippen molar-refractivity contribution in [3.63, 3.8) is 0 Å². The van der Waals surface area contributed by atoms with Gasteiger partial charge in [-0.25, -0.2) is 23.1 Å². The van der Waals surface area contributed by atoms with Crippen LogP contribution in [0.15, 0.2) is 34.9 Å². The Balaban J connectivity index is 2.08. The zero-order valence-electron chi connectivity index (χ0n) is 9.41. The first-order valence-corrected chi connectivity index (χ1v) is 7.45. The molecule has 2 rings (SSSR count). The van der Waals surface area contributed by atoms with E-state index in [1.807, 2.05) is 0 Å². The van der Waals surface area contributed by atoms with Crippen LogP contribution in [0.1, 0.15) is 10.6 Å². The molecule has 0 radical (unpaired) electrons. The van der Waals surface area contributed by atoms with Gasteiger partial charge in [-0.05, 0) is 18.2 Å². The van der Waals surface area contributed by atoms with Crippen molar-refractivity contribution in [3.05, 3.63) is 41.3 Å². The summed E-state index contributed by atoms with van der Waals surface area (Å²) in [6.45, 7) is 0.479. The number of hydrogen-bond acceptors (Lipinski definition) is 6. The molecule has 18 heavy (non-hydrogen) atoms. The lowest BCUT2D eigenvalue weighted by Gasteiger charge is -2.03. The average Bonchev–Trinajstić information content (AvgIpc) is 2.87. The fourth-order valence-electron chi connectivity index (χ4n) is 1.28. The predicted octanol–water partition coefficient (Wildman–Crippen LogP) is 0.475. The number of hydrogen-bond donors (Lipinski definition) is 2. The molecule has 96 valence electrons. The molecule has 3 N–H and O–H groups in total. The largest absolute Gasteiger partial charge is 0.326 e. The molecular formula is C10H12N4O2S2. The quantitative estimate of drug-likeness (QED) is 0.832. The van der Waals surface area contributed by atoms with Crippen molar-refractivity contribution in [1.82, 2.24) is 14.7 Å². The highest BCUT2D eigenvalue weighted by molar-refractivity contribution is 7.91. The summed E-state index contributed by atoms with van der Waals surface area (Å²) in [7, 11) is -3.50. The molecule has 0 aromatic carbocycles. The highest BCUT2D eigenvalue weighted by Gasteiger charge is 2.16. The summed E-state index contributed by atoms with van der Waals surface area (Å²) in [5, 5.41) is 0. The summed E-state index contributed by atoms with van der Waals surface area (Å²) in [5.41, 5.74) is 6.06. The van der Waals surface area contributed by atoms with Gasteiger partial charge < -0.3 is 5.73 Å². The second kappa shape index (κ2) is 5.53. The molecule has 2 aromatic rings. The molecule has 0 aliphatic heterocycles. The third kappa shape index (κ3) is 3.10. The Bertz CT molecular complexity index is 610. The maximum absolute atomic E-state index is 11.9. The zero-order valence-corrected chi connectivity index (χ0v) is 11.0. The van der Waals surface area contributed by atoms with Crippen LogP contribution in [-0.4, -0.2) is 18.4 Å². The minimum atomic E-state index is -3.50. The number of nitrogens with zero attached hydrogens (tertiary/aromatic N) is 2. The number of rotatable bonds is 5. The SMILES string of the molecule is NCc1ccc(S(=O)(=O)NCc2ccncn2)s1. The maximum atomic E-state index is 11.9. The van der Waals surface area contributed by atoms with Crippen LogP contribution < -0.4 is 10.5 Å². The Morgan fingerprint density at radius 2 is 2.17 bits per heavy atom. The van der Waals surface area contributed by atoms with E-state index in [4.69, 9.17) is 5.73 Å². The van der Waals surface area contributed by atoms with E-state index in [0.717, 1.165) is 4.88 Å². The maximum Gasteiger partial charge on any atom is 0.250 e. The Morgan fingerprint density at radius 1 is 1.33 bits per heavy atom. The Morgan fingerprint density at radius 3 is 2.78 bits per heavy atom. The first-order chi connectivity index (χ1) is 8.62. The van der Waals surface area contributed by atoms with E-state index in [1.165, 1.54) is 17.7 Å². The molecule has 8 heteroatoms. The summed E-state index contributed by atoms with van der Waals surface area (Å²) in [4.78, 5) is 8.54. The van der Waals surface area contributed by atoms with E-state index in [-0.39, 0.29) is 10.8 Å². The van der Waals surface area contributed by atoms with Crippen LogP contribution in [0.3, 0.4) is 0 Å². The molecular weight excluding hydrogens is 272 g/mol. The average molecular weight is 284 g/mol. The normalized spacial score (nSPS) is 11.6. The molecule has 0 unspecified atom stereocenters. The smallest absolute Gasteiger partial charge is 0.250 e. The first-order valence-electron chi connectivity index (χ1n) is 5.15. The van der Waals surface area contributed by atoms with Crippen molar-refractivity contribution in [3.8, 4) is 0 Å². The highest BCUT2D eigenvalue weighted by atomic mass is 32.2. The monoisotopic (exact) mass is 284 g/mol. The van der Waals surface area contributed by atoms with Gasteiger partial charge in [-0.2, -0.15) is 0 Å². The minimum absolute atomic E-state index is 0.140. The lowest BCUT2D eigenvalue weighted by Crippen LogP contribution is -2.22. The van der Waals surface area contributed by atoms with Gasteiger partial charge in [0.05, 0.1) is 12.2 Å². The number of nitrogens with one attached hydrogen (secondary N) is 1. The van der Waals surface area contributed by atoms with E-state index in [9.17, 15) is 8.42 Å². The lowest BCUT2D eigenvalue weighted by atomic mass is 10.4. The Labute approximate surface area is 109 Å². The first kappa shape index (κ1) is 13.1. The number of nitrogens with two attached hydrogens (primary N) is 1. The standard InChI is InChI=1S/C10H12N4O2S2/c11-5-9-1-2-10(17-9)18(15,16)14-6-8-3-4-12-7-13-8/h1-4,7,14H,5-6,11H2. The van der Waals surface area contributed by atoms with Crippen LogP contribution in [0.2, 0.25) is 0 Å². The van der Waals surface area contributed by atoms with E-state index in [2.05, 4.69) is 14.7 Å². The zero-order chi connectivity index (χ0) is 13.0. The number of thiophene rings is 1. The molecule has 2 aromatic heterocycles. The Hall–Kier alpha value is -1.35. The molecule has 6 nitrogen and oxygen atoms in total. The van der Waals surface area contributed by atoms with E-state index < -0.39 is 10.0 Å². The lowest BCUT2D eigenvalue weighted by molar-refractivity contribution is 0.582. The van der Waals surface area contributed by atoms with Gasteiger partial charge in [-0.3, -0.25) is 0 Å². The molecule has 2 heterocycles. The second-order valence-electron chi connectivity index (χ2n) is 3.45. The van der Waals surface area contributed by atoms with Crippen molar-refractivity contribution >= 4 is 21.4 Å². The van der Waals surface area contributed by atoms with E-state index >= 15 is 0 Å². The highest BCUT2D eigenvalue weighted by Crippen LogP contribution is 2.20. The molecule has 0 saturated heterocycles. The van der Waals surface area contributed by atoms with Crippen LogP contribution >= 0.6 is 11.3 Å². The van der Waals surface area contributed by atoms with Gasteiger partial charge in [-0.1, -0.05) is 0 Å². The van der Waals surface area contributed by atoms with Gasteiger partial charge >= 0.3 is 0 Å². The van der Waals surface area contributed by atoms with Crippen molar-refractivity contribution in [1.29, 1.82) is 0 Å². The predicted molar refractivity (Wildman–Crippen MR) is 68.3 cm³/mol. The van der Waals surface area contributed by atoms with Gasteiger partial charge in [0.25, 0.3) is 0 Å². The van der Waals surface area contributed by atoms with Crippen molar-refractivity contribution in [2.24, 2.45) is 5.73 Å².